The minimum Gasteiger partial charge on any atom is -0.478 e. The summed E-state index contributed by atoms with van der Waals surface area (Å²) < 4.78 is 21.3. The van der Waals surface area contributed by atoms with Crippen LogP contribution in [0.15, 0.2) is 81.4 Å². The Labute approximate surface area is 215 Å². The van der Waals surface area contributed by atoms with Crippen molar-refractivity contribution in [1.82, 2.24) is 14.5 Å². The second kappa shape index (κ2) is 10.1. The van der Waals surface area contributed by atoms with Crippen molar-refractivity contribution >= 4 is 21.6 Å². The highest BCUT2D eigenvalue weighted by atomic mass is 79.9. The van der Waals surface area contributed by atoms with Crippen LogP contribution in [0.3, 0.4) is 0 Å². The fourth-order valence-corrected chi connectivity index (χ4v) is 4.75. The number of hydrogen-bond donors (Lipinski definition) is 1. The van der Waals surface area contributed by atoms with E-state index in [1.165, 1.54) is 22.8 Å². The van der Waals surface area contributed by atoms with Crippen molar-refractivity contribution in [2.24, 2.45) is 4.99 Å². The lowest BCUT2D eigenvalue weighted by atomic mass is 10.00. The molecule has 1 atom stereocenters. The number of halogens is 2. The molecular weight excluding hydrogens is 527 g/mol. The second-order valence-corrected chi connectivity index (χ2v) is 9.18. The highest BCUT2D eigenvalue weighted by Gasteiger charge is 2.21. The largest absolute Gasteiger partial charge is 0.478 e. The van der Waals surface area contributed by atoms with Crippen LogP contribution in [-0.4, -0.2) is 38.6 Å². The minimum absolute atomic E-state index is 0.322. The Morgan fingerprint density at radius 1 is 1.08 bits per heavy atom. The van der Waals surface area contributed by atoms with Gasteiger partial charge in [0.05, 0.1) is 37.2 Å². The van der Waals surface area contributed by atoms with E-state index in [2.05, 4.69) is 30.9 Å². The molecule has 4 aromatic rings. The van der Waals surface area contributed by atoms with E-state index in [1.807, 2.05) is 25.1 Å². The Hall–Kier alpha value is -3.69. The molecule has 0 amide bonds. The molecule has 0 saturated carbocycles. The Balaban J connectivity index is 1.46. The number of aliphatic hydroxyl groups excluding tert-OH is 1. The summed E-state index contributed by atoms with van der Waals surface area (Å²) in [4.78, 5) is 26.6. The number of aliphatic imine (C=N–C) groups is 1. The quantitative estimate of drug-likeness (QED) is 0.366. The van der Waals surface area contributed by atoms with Crippen LogP contribution in [0.1, 0.15) is 35.3 Å². The molecule has 1 aliphatic rings. The molecule has 1 aliphatic heterocycles. The molecule has 7 nitrogen and oxygen atoms in total. The number of ether oxygens (including phenoxy) is 1. The molecule has 0 spiro atoms. The fraction of sp³-hybridized carbons (Fsp3) is 0.185. The molecule has 182 valence electrons. The van der Waals surface area contributed by atoms with E-state index in [9.17, 15) is 14.3 Å². The van der Waals surface area contributed by atoms with Crippen LogP contribution < -0.4 is 10.3 Å². The zero-order chi connectivity index (χ0) is 25.2. The molecule has 9 heteroatoms. The maximum atomic E-state index is 13.9. The van der Waals surface area contributed by atoms with E-state index < -0.39 is 11.9 Å². The van der Waals surface area contributed by atoms with Crippen molar-refractivity contribution < 1.29 is 14.2 Å². The van der Waals surface area contributed by atoms with Crippen LogP contribution in [0.4, 0.5) is 4.39 Å². The number of pyridine rings is 3. The molecule has 1 N–H and O–H groups in total. The Morgan fingerprint density at radius 2 is 1.92 bits per heavy atom. The topological polar surface area (TPSA) is 89.6 Å². The lowest BCUT2D eigenvalue weighted by molar-refractivity contribution is 0.246. The van der Waals surface area contributed by atoms with Gasteiger partial charge in [0, 0.05) is 51.9 Å². The smallest absolute Gasteiger partial charge is 0.251 e. The molecular formula is C27H22BrFN4O3. The van der Waals surface area contributed by atoms with Gasteiger partial charge in [0.25, 0.3) is 5.56 Å². The van der Waals surface area contributed by atoms with Gasteiger partial charge in [-0.1, -0.05) is 15.9 Å². The normalized spacial score (nSPS) is 13.3. The van der Waals surface area contributed by atoms with Crippen molar-refractivity contribution in [2.75, 3.05) is 13.2 Å². The summed E-state index contributed by atoms with van der Waals surface area (Å²) in [6.45, 7) is 2.57. The molecule has 0 unspecified atom stereocenters. The number of hydrogen-bond acceptors (Lipinski definition) is 6. The number of fused-ring (bicyclic) bond motifs is 1. The molecule has 0 bridgehead atoms. The molecule has 0 aliphatic carbocycles. The average Bonchev–Trinajstić information content (AvgIpc) is 3.29. The van der Waals surface area contributed by atoms with Crippen LogP contribution in [-0.2, 0) is 6.54 Å². The molecule has 3 aromatic heterocycles. The molecule has 36 heavy (non-hydrogen) atoms. The lowest BCUT2D eigenvalue weighted by Crippen LogP contribution is -2.27. The maximum Gasteiger partial charge on any atom is 0.251 e. The van der Waals surface area contributed by atoms with Gasteiger partial charge in [0.1, 0.15) is 5.82 Å². The van der Waals surface area contributed by atoms with Crippen LogP contribution >= 0.6 is 15.9 Å². The SMILES string of the molecule is CCOc1ccc(C2=NCc3ncc(-c4ccn([C@H](CO)c5cc(F)cc(Br)c5)c(=O)c4)cc32)cn1. The van der Waals surface area contributed by atoms with Gasteiger partial charge in [-0.15, -0.1) is 0 Å². The molecule has 0 radical (unpaired) electrons. The number of aliphatic hydroxyl groups is 1. The molecule has 4 heterocycles. The summed E-state index contributed by atoms with van der Waals surface area (Å²) in [5.74, 6) is 0.103. The summed E-state index contributed by atoms with van der Waals surface area (Å²) in [6.07, 6.45) is 5.06. The van der Waals surface area contributed by atoms with Gasteiger partial charge < -0.3 is 14.4 Å². The summed E-state index contributed by atoms with van der Waals surface area (Å²) in [7, 11) is 0. The van der Waals surface area contributed by atoms with Crippen molar-refractivity contribution in [3.05, 3.63) is 110 Å². The van der Waals surface area contributed by atoms with E-state index in [4.69, 9.17) is 4.74 Å². The monoisotopic (exact) mass is 548 g/mol. The Kier molecular flexibility index (Phi) is 6.75. The molecule has 1 aromatic carbocycles. The van der Waals surface area contributed by atoms with Gasteiger partial charge in [0.2, 0.25) is 5.88 Å². The lowest BCUT2D eigenvalue weighted by Gasteiger charge is -2.19. The predicted octanol–water partition coefficient (Wildman–Crippen LogP) is 4.54. The van der Waals surface area contributed by atoms with E-state index in [1.54, 1.807) is 30.7 Å². The summed E-state index contributed by atoms with van der Waals surface area (Å²) in [6, 6.07) is 12.6. The average molecular weight is 549 g/mol. The highest BCUT2D eigenvalue weighted by molar-refractivity contribution is 9.10. The number of nitrogens with zero attached hydrogens (tertiary/aromatic N) is 4. The third kappa shape index (κ3) is 4.72. The molecule has 0 fully saturated rings. The van der Waals surface area contributed by atoms with E-state index >= 15 is 0 Å². The van der Waals surface area contributed by atoms with Gasteiger partial charge in [0.15, 0.2) is 0 Å². The zero-order valence-electron chi connectivity index (χ0n) is 19.4. The predicted molar refractivity (Wildman–Crippen MR) is 138 cm³/mol. The number of aromatic nitrogens is 3. The van der Waals surface area contributed by atoms with Crippen molar-refractivity contribution in [3.8, 4) is 17.0 Å². The first kappa shape index (κ1) is 24.0. The summed E-state index contributed by atoms with van der Waals surface area (Å²) >= 11 is 3.26. The van der Waals surface area contributed by atoms with Crippen LogP contribution in [0.5, 0.6) is 5.88 Å². The number of rotatable bonds is 7. The zero-order valence-corrected chi connectivity index (χ0v) is 20.9. The third-order valence-electron chi connectivity index (χ3n) is 5.97. The fourth-order valence-electron chi connectivity index (χ4n) is 4.27. The van der Waals surface area contributed by atoms with Crippen molar-refractivity contribution in [1.29, 1.82) is 0 Å². The van der Waals surface area contributed by atoms with Gasteiger partial charge in [-0.25, -0.2) is 9.37 Å². The Bertz CT molecular complexity index is 1500. The van der Waals surface area contributed by atoms with E-state index in [0.717, 1.165) is 28.1 Å². The highest BCUT2D eigenvalue weighted by Crippen LogP contribution is 2.28. The Morgan fingerprint density at radius 3 is 2.61 bits per heavy atom. The van der Waals surface area contributed by atoms with E-state index in [-0.39, 0.29) is 12.2 Å². The standard InChI is InChI=1S/C27H22BrFN4O3/c1-2-36-25-4-3-17(12-31-25)27-22-9-19(13-30-23(22)14-32-27)16-5-6-33(26(35)10-16)24(15-34)18-7-20(28)11-21(29)8-18/h3-13,24,34H,2,14-15H2,1H3/t24-/m1/s1. The third-order valence-corrected chi connectivity index (χ3v) is 6.43. The first-order chi connectivity index (χ1) is 17.5. The van der Waals surface area contributed by atoms with Crippen LogP contribution in [0.2, 0.25) is 0 Å². The summed E-state index contributed by atoms with van der Waals surface area (Å²) in [5, 5.41) is 9.98. The van der Waals surface area contributed by atoms with Crippen molar-refractivity contribution in [3.63, 3.8) is 0 Å². The molecule has 0 saturated heterocycles. The summed E-state index contributed by atoms with van der Waals surface area (Å²) in [5.41, 5.74) is 5.01. The maximum absolute atomic E-state index is 13.9. The van der Waals surface area contributed by atoms with E-state index in [0.29, 0.717) is 34.6 Å². The van der Waals surface area contributed by atoms with Gasteiger partial charge >= 0.3 is 0 Å². The molecule has 5 rings (SSSR count). The van der Waals surface area contributed by atoms with Gasteiger partial charge in [-0.05, 0) is 54.4 Å². The first-order valence-electron chi connectivity index (χ1n) is 11.4. The van der Waals surface area contributed by atoms with Crippen molar-refractivity contribution in [2.45, 2.75) is 19.5 Å². The minimum atomic E-state index is -0.720. The first-order valence-corrected chi connectivity index (χ1v) is 12.2. The van der Waals surface area contributed by atoms with Gasteiger partial charge in [-0.3, -0.25) is 14.8 Å². The van der Waals surface area contributed by atoms with Crippen LogP contribution in [0.25, 0.3) is 11.1 Å². The van der Waals surface area contributed by atoms with Gasteiger partial charge in [-0.2, -0.15) is 0 Å². The van der Waals surface area contributed by atoms with Crippen LogP contribution in [0, 0.1) is 5.82 Å². The number of benzene rings is 1. The second-order valence-electron chi connectivity index (χ2n) is 8.26.